The van der Waals surface area contributed by atoms with Gasteiger partial charge in [-0.3, -0.25) is 5.43 Å². The topological polar surface area (TPSA) is 50.4 Å². The standard InChI is InChI=1S/C13H28N2O2/c1-5-8-11(3)9-7-10-12(4)14-15-13(16)17-6-2/h11-12,14H,5-10H2,1-4H3,(H,15,16). The molecule has 0 fully saturated rings. The van der Waals surface area contributed by atoms with Gasteiger partial charge in [0, 0.05) is 6.04 Å². The van der Waals surface area contributed by atoms with Gasteiger partial charge in [0.15, 0.2) is 0 Å². The van der Waals surface area contributed by atoms with Crippen molar-refractivity contribution in [3.63, 3.8) is 0 Å². The number of carbonyl (C=O) groups excluding carboxylic acids is 1. The molecule has 4 heteroatoms. The zero-order valence-electron chi connectivity index (χ0n) is 11.7. The summed E-state index contributed by atoms with van der Waals surface area (Å²) in [6.45, 7) is 8.79. The van der Waals surface area contributed by atoms with Gasteiger partial charge in [0.1, 0.15) is 0 Å². The second-order valence-corrected chi connectivity index (χ2v) is 4.72. The lowest BCUT2D eigenvalue weighted by atomic mass is 9.98. The number of amides is 1. The molecule has 0 aliphatic heterocycles. The second kappa shape index (κ2) is 10.4. The molecule has 17 heavy (non-hydrogen) atoms. The molecule has 0 bridgehead atoms. The zero-order valence-corrected chi connectivity index (χ0v) is 11.7. The van der Waals surface area contributed by atoms with E-state index in [2.05, 4.69) is 31.6 Å². The maximum absolute atomic E-state index is 11.0. The second-order valence-electron chi connectivity index (χ2n) is 4.72. The van der Waals surface area contributed by atoms with Crippen molar-refractivity contribution in [3.05, 3.63) is 0 Å². The fraction of sp³-hybridized carbons (Fsp3) is 0.923. The van der Waals surface area contributed by atoms with Crippen molar-refractivity contribution in [3.8, 4) is 0 Å². The minimum absolute atomic E-state index is 0.285. The highest BCUT2D eigenvalue weighted by molar-refractivity contribution is 5.66. The fourth-order valence-electron chi connectivity index (χ4n) is 1.83. The summed E-state index contributed by atoms with van der Waals surface area (Å²) in [4.78, 5) is 11.0. The first-order valence-corrected chi connectivity index (χ1v) is 6.78. The van der Waals surface area contributed by atoms with Gasteiger partial charge in [-0.2, -0.15) is 0 Å². The molecular weight excluding hydrogens is 216 g/mol. The van der Waals surface area contributed by atoms with Crippen molar-refractivity contribution in [1.29, 1.82) is 0 Å². The molecule has 0 saturated heterocycles. The lowest BCUT2D eigenvalue weighted by Crippen LogP contribution is -2.43. The maximum Gasteiger partial charge on any atom is 0.421 e. The van der Waals surface area contributed by atoms with Crippen molar-refractivity contribution in [2.75, 3.05) is 6.61 Å². The van der Waals surface area contributed by atoms with Crippen LogP contribution in [0.3, 0.4) is 0 Å². The van der Waals surface area contributed by atoms with Crippen molar-refractivity contribution in [2.45, 2.75) is 65.8 Å². The summed E-state index contributed by atoms with van der Waals surface area (Å²) in [7, 11) is 0. The SMILES string of the molecule is CCCC(C)CCCC(C)NNC(=O)OCC. The summed E-state index contributed by atoms with van der Waals surface area (Å²) in [5.41, 5.74) is 5.48. The van der Waals surface area contributed by atoms with E-state index in [0.717, 1.165) is 12.3 Å². The van der Waals surface area contributed by atoms with Crippen molar-refractivity contribution in [2.24, 2.45) is 5.92 Å². The monoisotopic (exact) mass is 244 g/mol. The molecule has 2 N–H and O–H groups in total. The maximum atomic E-state index is 11.0. The molecule has 0 aliphatic rings. The molecule has 0 spiro atoms. The van der Waals surface area contributed by atoms with E-state index in [1.54, 1.807) is 6.92 Å². The van der Waals surface area contributed by atoms with Crippen molar-refractivity contribution < 1.29 is 9.53 Å². The van der Waals surface area contributed by atoms with Crippen LogP contribution in [0.5, 0.6) is 0 Å². The number of rotatable bonds is 9. The van der Waals surface area contributed by atoms with Crippen LogP contribution in [0.15, 0.2) is 0 Å². The summed E-state index contributed by atoms with van der Waals surface area (Å²) in [5, 5.41) is 0. The summed E-state index contributed by atoms with van der Waals surface area (Å²) < 4.78 is 4.75. The minimum Gasteiger partial charge on any atom is -0.449 e. The van der Waals surface area contributed by atoms with E-state index < -0.39 is 6.09 Å². The van der Waals surface area contributed by atoms with Gasteiger partial charge in [0.05, 0.1) is 6.61 Å². The fourth-order valence-corrected chi connectivity index (χ4v) is 1.83. The highest BCUT2D eigenvalue weighted by Crippen LogP contribution is 2.14. The quantitative estimate of drug-likeness (QED) is 0.612. The van der Waals surface area contributed by atoms with E-state index in [4.69, 9.17) is 4.74 Å². The van der Waals surface area contributed by atoms with Gasteiger partial charge in [-0.15, -0.1) is 0 Å². The minimum atomic E-state index is -0.404. The molecular formula is C13H28N2O2. The Hall–Kier alpha value is -0.770. The Morgan fingerprint density at radius 3 is 2.47 bits per heavy atom. The Morgan fingerprint density at radius 2 is 1.88 bits per heavy atom. The van der Waals surface area contributed by atoms with Gasteiger partial charge in [-0.05, 0) is 26.2 Å². The molecule has 4 nitrogen and oxygen atoms in total. The Labute approximate surface area is 105 Å². The van der Waals surface area contributed by atoms with Crippen LogP contribution in [0.4, 0.5) is 4.79 Å². The highest BCUT2D eigenvalue weighted by atomic mass is 16.5. The number of hydrogen-bond donors (Lipinski definition) is 2. The average Bonchev–Trinajstić information content (AvgIpc) is 2.27. The van der Waals surface area contributed by atoms with Gasteiger partial charge in [0.25, 0.3) is 0 Å². The third-order valence-electron chi connectivity index (χ3n) is 2.81. The van der Waals surface area contributed by atoms with Crippen LogP contribution >= 0.6 is 0 Å². The summed E-state index contributed by atoms with van der Waals surface area (Å²) >= 11 is 0. The van der Waals surface area contributed by atoms with Crippen LogP contribution in [-0.4, -0.2) is 18.7 Å². The van der Waals surface area contributed by atoms with E-state index in [1.807, 2.05) is 0 Å². The first-order valence-electron chi connectivity index (χ1n) is 6.78. The lowest BCUT2D eigenvalue weighted by Gasteiger charge is -2.15. The van der Waals surface area contributed by atoms with Crippen LogP contribution in [0.1, 0.15) is 59.8 Å². The molecule has 0 rings (SSSR count). The Bertz CT molecular complexity index is 198. The third kappa shape index (κ3) is 10.1. The molecule has 0 saturated carbocycles. The number of carbonyl (C=O) groups is 1. The summed E-state index contributed by atoms with van der Waals surface area (Å²) in [6, 6.07) is 0.285. The van der Waals surface area contributed by atoms with Gasteiger partial charge >= 0.3 is 6.09 Å². The summed E-state index contributed by atoms with van der Waals surface area (Å²) in [6.07, 6.45) is 5.70. The summed E-state index contributed by atoms with van der Waals surface area (Å²) in [5.74, 6) is 0.810. The number of nitrogens with one attached hydrogen (secondary N) is 2. The molecule has 2 unspecified atom stereocenters. The van der Waals surface area contributed by atoms with E-state index >= 15 is 0 Å². The van der Waals surface area contributed by atoms with Gasteiger partial charge in [-0.25, -0.2) is 10.2 Å². The Balaban J connectivity index is 3.46. The van der Waals surface area contributed by atoms with Crippen LogP contribution in [0, 0.1) is 5.92 Å². The molecule has 0 aromatic rings. The molecule has 0 aromatic carbocycles. The predicted molar refractivity (Wildman–Crippen MR) is 70.7 cm³/mol. The Morgan fingerprint density at radius 1 is 1.18 bits per heavy atom. The van der Waals surface area contributed by atoms with E-state index in [-0.39, 0.29) is 6.04 Å². The Kier molecular flexibility index (Phi) is 9.92. The van der Waals surface area contributed by atoms with Gasteiger partial charge < -0.3 is 4.74 Å². The molecule has 0 heterocycles. The largest absolute Gasteiger partial charge is 0.449 e. The van der Waals surface area contributed by atoms with Crippen molar-refractivity contribution in [1.82, 2.24) is 10.9 Å². The van der Waals surface area contributed by atoms with Crippen LogP contribution in [-0.2, 0) is 4.74 Å². The molecule has 2 atom stereocenters. The highest BCUT2D eigenvalue weighted by Gasteiger charge is 2.06. The molecule has 1 amide bonds. The van der Waals surface area contributed by atoms with Gasteiger partial charge in [0.2, 0.25) is 0 Å². The zero-order chi connectivity index (χ0) is 13.1. The molecule has 102 valence electrons. The number of hydrogen-bond acceptors (Lipinski definition) is 3. The first kappa shape index (κ1) is 16.2. The van der Waals surface area contributed by atoms with E-state index in [1.165, 1.54) is 25.7 Å². The average molecular weight is 244 g/mol. The van der Waals surface area contributed by atoms with Crippen molar-refractivity contribution >= 4 is 6.09 Å². The lowest BCUT2D eigenvalue weighted by molar-refractivity contribution is 0.145. The van der Waals surface area contributed by atoms with Crippen LogP contribution < -0.4 is 10.9 Å². The van der Waals surface area contributed by atoms with E-state index in [9.17, 15) is 4.79 Å². The molecule has 0 aliphatic carbocycles. The third-order valence-corrected chi connectivity index (χ3v) is 2.81. The normalized spacial score (nSPS) is 14.1. The van der Waals surface area contributed by atoms with E-state index in [0.29, 0.717) is 6.61 Å². The van der Waals surface area contributed by atoms with Gasteiger partial charge in [-0.1, -0.05) is 39.5 Å². The van der Waals surface area contributed by atoms with Crippen LogP contribution in [0.2, 0.25) is 0 Å². The number of hydrazine groups is 1. The molecule has 0 radical (unpaired) electrons. The van der Waals surface area contributed by atoms with Crippen LogP contribution in [0.25, 0.3) is 0 Å². The number of ether oxygens (including phenoxy) is 1. The predicted octanol–water partition coefficient (Wildman–Crippen LogP) is 3.23. The smallest absolute Gasteiger partial charge is 0.421 e. The first-order chi connectivity index (χ1) is 8.10. The molecule has 0 aromatic heterocycles.